The summed E-state index contributed by atoms with van der Waals surface area (Å²) in [7, 11) is -0.362. The maximum absolute atomic E-state index is 12.9. The molecule has 1 aliphatic rings. The molecule has 1 aromatic carbocycles. The third kappa shape index (κ3) is 4.71. The third-order valence-electron chi connectivity index (χ3n) is 6.28. The summed E-state index contributed by atoms with van der Waals surface area (Å²) >= 11 is 1.52. The molecule has 0 radical (unpaired) electrons. The van der Waals surface area contributed by atoms with E-state index < -0.39 is 0 Å². The first-order valence-electron chi connectivity index (χ1n) is 10.8. The van der Waals surface area contributed by atoms with Crippen LogP contribution in [0.5, 0.6) is 0 Å². The maximum atomic E-state index is 12.9. The highest BCUT2D eigenvalue weighted by atomic mass is 32.1. The van der Waals surface area contributed by atoms with Crippen molar-refractivity contribution >= 4 is 29.7 Å². The number of thiazole rings is 1. The lowest BCUT2D eigenvalue weighted by atomic mass is 9.78. The Morgan fingerprint density at radius 2 is 1.67 bits per heavy atom. The summed E-state index contributed by atoms with van der Waals surface area (Å²) in [4.78, 5) is 18.1. The minimum absolute atomic E-state index is 0.0311. The molecule has 2 aromatic rings. The van der Waals surface area contributed by atoms with Crippen molar-refractivity contribution in [1.82, 2.24) is 4.98 Å². The van der Waals surface area contributed by atoms with Crippen molar-refractivity contribution in [3.63, 3.8) is 0 Å². The lowest BCUT2D eigenvalue weighted by molar-refractivity contribution is 0.00578. The van der Waals surface area contributed by atoms with Gasteiger partial charge in [-0.15, -0.1) is 11.3 Å². The Morgan fingerprint density at radius 1 is 1.10 bits per heavy atom. The fourth-order valence-electron chi connectivity index (χ4n) is 3.48. The van der Waals surface area contributed by atoms with E-state index in [9.17, 15) is 4.79 Å². The van der Waals surface area contributed by atoms with Crippen LogP contribution in [0.3, 0.4) is 0 Å². The highest BCUT2D eigenvalue weighted by Gasteiger charge is 2.51. The lowest BCUT2D eigenvalue weighted by Crippen LogP contribution is -2.41. The van der Waals surface area contributed by atoms with Crippen LogP contribution in [0.1, 0.15) is 94.4 Å². The zero-order valence-corrected chi connectivity index (χ0v) is 20.4. The molecule has 1 saturated heterocycles. The molecule has 30 heavy (non-hydrogen) atoms. The van der Waals surface area contributed by atoms with Gasteiger partial charge in [-0.2, -0.15) is 0 Å². The van der Waals surface area contributed by atoms with E-state index in [1.807, 2.05) is 0 Å². The second-order valence-corrected chi connectivity index (χ2v) is 11.3. The van der Waals surface area contributed by atoms with Gasteiger partial charge >= 0.3 is 7.12 Å². The van der Waals surface area contributed by atoms with Crippen molar-refractivity contribution in [2.45, 2.75) is 90.8 Å². The number of Topliss-reactive ketones (excluding diaryl/α,β-unsaturated/α-hetero) is 1. The third-order valence-corrected chi connectivity index (χ3v) is 7.74. The summed E-state index contributed by atoms with van der Waals surface area (Å²) in [6, 6.07) is 8.34. The number of carbonyl (C=O) groups excluding carboxylic acids is 1. The molecule has 162 valence electrons. The Hall–Kier alpha value is -1.50. The van der Waals surface area contributed by atoms with E-state index in [0.29, 0.717) is 6.42 Å². The highest BCUT2D eigenvalue weighted by molar-refractivity contribution is 7.13. The summed E-state index contributed by atoms with van der Waals surface area (Å²) < 4.78 is 12.3. The number of aromatic nitrogens is 1. The molecule has 1 fully saturated rings. The van der Waals surface area contributed by atoms with Crippen molar-refractivity contribution in [3.8, 4) is 0 Å². The molecule has 3 rings (SSSR count). The fraction of sp³-hybridized carbons (Fsp3) is 0.583. The molecule has 1 unspecified atom stereocenters. The minimum atomic E-state index is -0.362. The van der Waals surface area contributed by atoms with Crippen molar-refractivity contribution < 1.29 is 14.1 Å². The van der Waals surface area contributed by atoms with Gasteiger partial charge in [0.25, 0.3) is 0 Å². The van der Waals surface area contributed by atoms with Gasteiger partial charge in [0.05, 0.1) is 21.1 Å². The molecule has 2 heterocycles. The Bertz CT molecular complexity index is 880. The molecule has 1 atom stereocenters. The van der Waals surface area contributed by atoms with E-state index in [1.54, 1.807) is 6.20 Å². The zero-order valence-electron chi connectivity index (χ0n) is 19.5. The van der Waals surface area contributed by atoms with E-state index in [2.05, 4.69) is 84.6 Å². The standard InChI is InChI=1S/C24H34BNO3S/c1-9-16(14-19(27)20-15-26-21(30-20)22(2,3)4)17-10-12-18(13-11-17)25-28-23(5,6)24(7,8)29-25/h10-13,15-16H,9,14H2,1-8H3. The van der Waals surface area contributed by atoms with Crippen LogP contribution in [0.2, 0.25) is 0 Å². The van der Waals surface area contributed by atoms with E-state index in [4.69, 9.17) is 9.31 Å². The summed E-state index contributed by atoms with van der Waals surface area (Å²) in [6.07, 6.45) is 3.15. The van der Waals surface area contributed by atoms with Gasteiger partial charge < -0.3 is 9.31 Å². The van der Waals surface area contributed by atoms with Crippen LogP contribution < -0.4 is 5.46 Å². The number of benzene rings is 1. The Morgan fingerprint density at radius 3 is 2.13 bits per heavy atom. The highest BCUT2D eigenvalue weighted by Crippen LogP contribution is 2.36. The van der Waals surface area contributed by atoms with E-state index in [0.717, 1.165) is 21.8 Å². The van der Waals surface area contributed by atoms with Gasteiger partial charge in [0.2, 0.25) is 0 Å². The fourth-order valence-corrected chi connectivity index (χ4v) is 4.40. The van der Waals surface area contributed by atoms with Gasteiger partial charge in [-0.3, -0.25) is 4.79 Å². The summed E-state index contributed by atoms with van der Waals surface area (Å²) in [5.74, 6) is 0.356. The van der Waals surface area contributed by atoms with Crippen molar-refractivity contribution in [1.29, 1.82) is 0 Å². The van der Waals surface area contributed by atoms with Gasteiger partial charge in [0.15, 0.2) is 5.78 Å². The number of ketones is 1. The number of carbonyl (C=O) groups is 1. The van der Waals surface area contributed by atoms with Crippen LogP contribution >= 0.6 is 11.3 Å². The number of hydrogen-bond donors (Lipinski definition) is 0. The molecular weight excluding hydrogens is 393 g/mol. The minimum Gasteiger partial charge on any atom is -0.399 e. The molecule has 0 amide bonds. The first-order valence-corrected chi connectivity index (χ1v) is 11.6. The Labute approximate surface area is 185 Å². The van der Waals surface area contributed by atoms with E-state index in [1.165, 1.54) is 16.9 Å². The van der Waals surface area contributed by atoms with Gasteiger partial charge in [-0.1, -0.05) is 52.0 Å². The lowest BCUT2D eigenvalue weighted by Gasteiger charge is -2.32. The molecule has 4 nitrogen and oxygen atoms in total. The number of hydrogen-bond acceptors (Lipinski definition) is 5. The average Bonchev–Trinajstić information content (AvgIpc) is 3.23. The van der Waals surface area contributed by atoms with Crippen LogP contribution in [-0.4, -0.2) is 29.1 Å². The zero-order chi connectivity index (χ0) is 22.3. The second-order valence-electron chi connectivity index (χ2n) is 10.3. The van der Waals surface area contributed by atoms with Gasteiger partial charge in [-0.05, 0) is 51.1 Å². The maximum Gasteiger partial charge on any atom is 0.494 e. The van der Waals surface area contributed by atoms with Crippen LogP contribution in [0.15, 0.2) is 30.5 Å². The SMILES string of the molecule is CCC(CC(=O)c1cnc(C(C)(C)C)s1)c1ccc(B2OC(C)(C)C(C)(C)O2)cc1. The topological polar surface area (TPSA) is 48.4 Å². The predicted molar refractivity (Wildman–Crippen MR) is 125 cm³/mol. The summed E-state index contributed by atoms with van der Waals surface area (Å²) in [6.45, 7) is 16.7. The second kappa shape index (κ2) is 8.21. The molecular formula is C24H34BNO3S. The smallest absolute Gasteiger partial charge is 0.399 e. The van der Waals surface area contributed by atoms with Crippen LogP contribution in [0.4, 0.5) is 0 Å². The van der Waals surface area contributed by atoms with Crippen LogP contribution in [-0.2, 0) is 14.7 Å². The molecule has 1 aromatic heterocycles. The van der Waals surface area contributed by atoms with E-state index >= 15 is 0 Å². The summed E-state index contributed by atoms with van der Waals surface area (Å²) in [5, 5.41) is 1.01. The average molecular weight is 427 g/mol. The van der Waals surface area contributed by atoms with Crippen molar-refractivity contribution in [2.75, 3.05) is 0 Å². The van der Waals surface area contributed by atoms with Crippen molar-refractivity contribution in [2.24, 2.45) is 0 Å². The van der Waals surface area contributed by atoms with Gasteiger partial charge in [0, 0.05) is 18.0 Å². The normalized spacial score (nSPS) is 19.1. The molecule has 1 aliphatic heterocycles. The quantitative estimate of drug-likeness (QED) is 0.451. The number of nitrogens with zero attached hydrogens (tertiary/aromatic N) is 1. The summed E-state index contributed by atoms with van der Waals surface area (Å²) in [5.41, 5.74) is 1.45. The molecule has 0 aliphatic carbocycles. The first kappa shape index (κ1) is 23.2. The molecule has 0 saturated carbocycles. The van der Waals surface area contributed by atoms with Crippen LogP contribution in [0, 0.1) is 0 Å². The predicted octanol–water partition coefficient (Wildman–Crippen LogP) is 5.51. The first-order chi connectivity index (χ1) is 13.8. The van der Waals surface area contributed by atoms with E-state index in [-0.39, 0.29) is 35.4 Å². The molecule has 0 bridgehead atoms. The van der Waals surface area contributed by atoms with Gasteiger partial charge in [-0.25, -0.2) is 4.98 Å². The van der Waals surface area contributed by atoms with Crippen molar-refractivity contribution in [3.05, 3.63) is 45.9 Å². The number of rotatable bonds is 6. The Balaban J connectivity index is 1.70. The van der Waals surface area contributed by atoms with Crippen LogP contribution in [0.25, 0.3) is 0 Å². The van der Waals surface area contributed by atoms with Gasteiger partial charge in [0.1, 0.15) is 0 Å². The Kier molecular flexibility index (Phi) is 6.34. The monoisotopic (exact) mass is 427 g/mol. The molecule has 6 heteroatoms. The molecule has 0 spiro atoms. The molecule has 0 N–H and O–H groups in total. The largest absolute Gasteiger partial charge is 0.494 e.